The molecule has 0 bridgehead atoms. The lowest BCUT2D eigenvalue weighted by Crippen LogP contribution is -2.20. The van der Waals surface area contributed by atoms with Crippen molar-refractivity contribution in [3.8, 4) is 0 Å². The van der Waals surface area contributed by atoms with Gasteiger partial charge >= 0.3 is 0 Å². The van der Waals surface area contributed by atoms with Crippen LogP contribution in [0.3, 0.4) is 0 Å². The van der Waals surface area contributed by atoms with Crippen molar-refractivity contribution >= 4 is 21.6 Å². The zero-order valence-corrected chi connectivity index (χ0v) is 10.9. The molecule has 0 fully saturated rings. The third-order valence-electron chi connectivity index (χ3n) is 2.75. The van der Waals surface area contributed by atoms with Crippen LogP contribution in [-0.2, 0) is 13.6 Å². The van der Waals surface area contributed by atoms with Crippen LogP contribution in [0.2, 0.25) is 0 Å². The second kappa shape index (κ2) is 4.06. The molecule has 0 aromatic carbocycles. The minimum atomic E-state index is 0.00760. The Hall–Kier alpha value is -1.95. The van der Waals surface area contributed by atoms with E-state index in [1.54, 1.807) is 33.1 Å². The lowest BCUT2D eigenvalue weighted by Gasteiger charge is -2.02. The number of nitrogens with zero attached hydrogens (tertiary/aromatic N) is 4. The number of rotatable bonds is 2. The van der Waals surface area contributed by atoms with Gasteiger partial charge in [-0.1, -0.05) is 0 Å². The summed E-state index contributed by atoms with van der Waals surface area (Å²) in [7, 11) is 1.86. The molecule has 3 heterocycles. The van der Waals surface area contributed by atoms with E-state index in [2.05, 4.69) is 10.1 Å². The Kier molecular flexibility index (Phi) is 2.52. The smallest absolute Gasteiger partial charge is 0.262 e. The van der Waals surface area contributed by atoms with Gasteiger partial charge in [0.25, 0.3) is 5.56 Å². The summed E-state index contributed by atoms with van der Waals surface area (Å²) in [6.45, 7) is 2.49. The van der Waals surface area contributed by atoms with Crippen LogP contribution >= 0.6 is 11.3 Å². The molecule has 0 atom stereocenters. The molecule has 0 unspecified atom stereocenters. The van der Waals surface area contributed by atoms with Crippen molar-refractivity contribution in [2.45, 2.75) is 13.5 Å². The maximum Gasteiger partial charge on any atom is 0.262 e. The summed E-state index contributed by atoms with van der Waals surface area (Å²) >= 11 is 1.54. The van der Waals surface area contributed by atoms with E-state index in [4.69, 9.17) is 0 Å². The first kappa shape index (κ1) is 11.2. The molecule has 3 aromatic heterocycles. The summed E-state index contributed by atoms with van der Waals surface area (Å²) in [4.78, 5) is 18.5. The maximum atomic E-state index is 12.3. The molecule has 0 saturated carbocycles. The van der Waals surface area contributed by atoms with Gasteiger partial charge in [-0.3, -0.25) is 14.0 Å². The van der Waals surface area contributed by atoms with Gasteiger partial charge < -0.3 is 0 Å². The molecular formula is C12H12N4OS. The fraction of sp³-hybridized carbons (Fsp3) is 0.250. The summed E-state index contributed by atoms with van der Waals surface area (Å²) in [5.41, 5.74) is 1.00. The molecule has 0 aliphatic rings. The monoisotopic (exact) mass is 260 g/mol. The molecule has 0 radical (unpaired) electrons. The molecule has 0 aliphatic carbocycles. The standard InChI is InChI=1S/C12H12N4OS/c1-8-3-10-11(18-8)13-7-16(12(10)17)6-9-4-14-15(2)5-9/h3-5,7H,6H2,1-2H3. The lowest BCUT2D eigenvalue weighted by molar-refractivity contribution is 0.742. The lowest BCUT2D eigenvalue weighted by atomic mass is 10.3. The molecule has 0 aliphatic heterocycles. The van der Waals surface area contributed by atoms with Gasteiger partial charge in [0.1, 0.15) is 4.83 Å². The fourth-order valence-corrected chi connectivity index (χ4v) is 2.78. The van der Waals surface area contributed by atoms with Crippen molar-refractivity contribution in [3.63, 3.8) is 0 Å². The zero-order valence-electron chi connectivity index (χ0n) is 10.1. The summed E-state index contributed by atoms with van der Waals surface area (Å²) in [5.74, 6) is 0. The average Bonchev–Trinajstić information content (AvgIpc) is 2.89. The molecule has 3 rings (SSSR count). The Morgan fingerprint density at radius 3 is 3.00 bits per heavy atom. The summed E-state index contributed by atoms with van der Waals surface area (Å²) in [6, 6.07) is 1.90. The van der Waals surface area contributed by atoms with Gasteiger partial charge in [-0.15, -0.1) is 11.3 Å². The topological polar surface area (TPSA) is 52.7 Å². The van der Waals surface area contributed by atoms with Gasteiger partial charge in [0.05, 0.1) is 24.5 Å². The number of thiophene rings is 1. The van der Waals surface area contributed by atoms with E-state index < -0.39 is 0 Å². The minimum absolute atomic E-state index is 0.00760. The second-order valence-electron chi connectivity index (χ2n) is 4.28. The summed E-state index contributed by atoms with van der Waals surface area (Å²) in [5, 5.41) is 4.79. The predicted octanol–water partition coefficient (Wildman–Crippen LogP) is 1.55. The zero-order chi connectivity index (χ0) is 12.7. The molecule has 0 saturated heterocycles. The Morgan fingerprint density at radius 1 is 1.44 bits per heavy atom. The number of hydrogen-bond donors (Lipinski definition) is 0. The van der Waals surface area contributed by atoms with Crippen molar-refractivity contribution in [1.82, 2.24) is 19.3 Å². The fourth-order valence-electron chi connectivity index (χ4n) is 1.94. The minimum Gasteiger partial charge on any atom is -0.294 e. The van der Waals surface area contributed by atoms with E-state index in [9.17, 15) is 4.79 Å². The molecular weight excluding hydrogens is 248 g/mol. The highest BCUT2D eigenvalue weighted by molar-refractivity contribution is 7.18. The highest BCUT2D eigenvalue weighted by atomic mass is 32.1. The van der Waals surface area contributed by atoms with Crippen LogP contribution in [0, 0.1) is 6.92 Å². The molecule has 92 valence electrons. The van der Waals surface area contributed by atoms with Gasteiger partial charge in [0, 0.05) is 23.7 Å². The van der Waals surface area contributed by atoms with Gasteiger partial charge in [0.2, 0.25) is 0 Å². The molecule has 0 spiro atoms. The van der Waals surface area contributed by atoms with Crippen LogP contribution in [0.25, 0.3) is 10.2 Å². The van der Waals surface area contributed by atoms with E-state index in [0.717, 1.165) is 15.3 Å². The molecule has 0 N–H and O–H groups in total. The SMILES string of the molecule is Cc1cc2c(=O)n(Cc3cnn(C)c3)cnc2s1. The molecule has 3 aromatic rings. The summed E-state index contributed by atoms with van der Waals surface area (Å²) in [6.07, 6.45) is 5.26. The van der Waals surface area contributed by atoms with Crippen molar-refractivity contribution in [1.29, 1.82) is 0 Å². The third kappa shape index (κ3) is 1.84. The largest absolute Gasteiger partial charge is 0.294 e. The van der Waals surface area contributed by atoms with Gasteiger partial charge in [0.15, 0.2) is 0 Å². The maximum absolute atomic E-state index is 12.3. The van der Waals surface area contributed by atoms with E-state index in [-0.39, 0.29) is 5.56 Å². The van der Waals surface area contributed by atoms with Gasteiger partial charge in [-0.2, -0.15) is 5.10 Å². The first-order valence-electron chi connectivity index (χ1n) is 5.56. The number of hydrogen-bond acceptors (Lipinski definition) is 4. The molecule has 5 nitrogen and oxygen atoms in total. The van der Waals surface area contributed by atoms with E-state index >= 15 is 0 Å². The van der Waals surface area contributed by atoms with Crippen molar-refractivity contribution in [3.05, 3.63) is 45.6 Å². The van der Waals surface area contributed by atoms with Crippen LogP contribution < -0.4 is 5.56 Å². The summed E-state index contributed by atoms with van der Waals surface area (Å²) < 4.78 is 3.34. The third-order valence-corrected chi connectivity index (χ3v) is 3.71. The molecule has 18 heavy (non-hydrogen) atoms. The van der Waals surface area contributed by atoms with Crippen LogP contribution in [0.5, 0.6) is 0 Å². The predicted molar refractivity (Wildman–Crippen MR) is 70.9 cm³/mol. The normalized spacial score (nSPS) is 11.2. The molecule has 0 amide bonds. The van der Waals surface area contributed by atoms with Crippen molar-refractivity contribution in [2.75, 3.05) is 0 Å². The van der Waals surface area contributed by atoms with E-state index in [1.165, 1.54) is 0 Å². The first-order valence-corrected chi connectivity index (χ1v) is 6.38. The van der Waals surface area contributed by atoms with Crippen LogP contribution in [-0.4, -0.2) is 19.3 Å². The van der Waals surface area contributed by atoms with Crippen LogP contribution in [0.4, 0.5) is 0 Å². The van der Waals surface area contributed by atoms with E-state index in [1.807, 2.05) is 26.2 Å². The first-order chi connectivity index (χ1) is 8.63. The Bertz CT molecular complexity index is 768. The molecule has 6 heteroatoms. The van der Waals surface area contributed by atoms with Crippen LogP contribution in [0.1, 0.15) is 10.4 Å². The van der Waals surface area contributed by atoms with Gasteiger partial charge in [-0.05, 0) is 13.0 Å². The van der Waals surface area contributed by atoms with E-state index in [0.29, 0.717) is 11.9 Å². The Balaban J connectivity index is 2.07. The number of fused-ring (bicyclic) bond motifs is 1. The number of aromatic nitrogens is 4. The van der Waals surface area contributed by atoms with Crippen molar-refractivity contribution in [2.24, 2.45) is 7.05 Å². The Morgan fingerprint density at radius 2 is 2.28 bits per heavy atom. The highest BCUT2D eigenvalue weighted by Gasteiger charge is 2.08. The highest BCUT2D eigenvalue weighted by Crippen LogP contribution is 2.19. The average molecular weight is 260 g/mol. The second-order valence-corrected chi connectivity index (χ2v) is 5.51. The quantitative estimate of drug-likeness (QED) is 0.702. The van der Waals surface area contributed by atoms with Gasteiger partial charge in [-0.25, -0.2) is 4.98 Å². The Labute approximate surface area is 107 Å². The number of aryl methyl sites for hydroxylation is 2. The van der Waals surface area contributed by atoms with Crippen molar-refractivity contribution < 1.29 is 0 Å². The van der Waals surface area contributed by atoms with Crippen LogP contribution in [0.15, 0.2) is 29.6 Å².